The highest BCUT2D eigenvalue weighted by Gasteiger charge is 2.39. The Kier molecular flexibility index (Phi) is 4.29. The second-order valence-electron chi connectivity index (χ2n) is 4.47. The summed E-state index contributed by atoms with van der Waals surface area (Å²) in [5.41, 5.74) is -0.692. The van der Waals surface area contributed by atoms with Crippen LogP contribution in [0.3, 0.4) is 0 Å². The highest BCUT2D eigenvalue weighted by molar-refractivity contribution is 9.10. The van der Waals surface area contributed by atoms with Gasteiger partial charge in [-0.15, -0.1) is 0 Å². The van der Waals surface area contributed by atoms with E-state index >= 15 is 0 Å². The molecule has 0 N–H and O–H groups in total. The standard InChI is InChI=1S/C11H8BrClF3NO3S/c12-8-3-6(11(14,15)16)1-2-9(8)17-5-7(4-10(17)18)21(13,19)20/h1-3,7H,4-5H2. The van der Waals surface area contributed by atoms with Crippen LogP contribution in [0.4, 0.5) is 18.9 Å². The molecule has 1 amide bonds. The largest absolute Gasteiger partial charge is 0.416 e. The van der Waals surface area contributed by atoms with E-state index in [-0.39, 0.29) is 23.1 Å². The summed E-state index contributed by atoms with van der Waals surface area (Å²) in [5, 5.41) is -1.07. The first-order valence-electron chi connectivity index (χ1n) is 5.60. The van der Waals surface area contributed by atoms with Crippen molar-refractivity contribution in [2.75, 3.05) is 11.4 Å². The van der Waals surface area contributed by atoms with E-state index in [1.807, 2.05) is 0 Å². The quantitative estimate of drug-likeness (QED) is 0.709. The molecule has 0 saturated carbocycles. The van der Waals surface area contributed by atoms with Gasteiger partial charge in [0, 0.05) is 28.1 Å². The zero-order valence-electron chi connectivity index (χ0n) is 10.2. The van der Waals surface area contributed by atoms with Crippen molar-refractivity contribution in [2.45, 2.75) is 17.8 Å². The van der Waals surface area contributed by atoms with Crippen molar-refractivity contribution in [3.8, 4) is 0 Å². The number of benzene rings is 1. The third-order valence-electron chi connectivity index (χ3n) is 3.05. The van der Waals surface area contributed by atoms with Crippen LogP contribution in [0.5, 0.6) is 0 Å². The lowest BCUT2D eigenvalue weighted by atomic mass is 10.2. The van der Waals surface area contributed by atoms with Gasteiger partial charge in [-0.25, -0.2) is 8.42 Å². The van der Waals surface area contributed by atoms with Gasteiger partial charge in [0.05, 0.1) is 11.3 Å². The van der Waals surface area contributed by atoms with Crippen LogP contribution < -0.4 is 4.90 Å². The number of nitrogens with zero attached hydrogens (tertiary/aromatic N) is 1. The molecule has 0 aromatic heterocycles. The normalized spacial score (nSPS) is 20.1. The van der Waals surface area contributed by atoms with E-state index in [0.29, 0.717) is 0 Å². The van der Waals surface area contributed by atoms with Crippen LogP contribution in [-0.4, -0.2) is 26.1 Å². The van der Waals surface area contributed by atoms with E-state index in [1.54, 1.807) is 0 Å². The zero-order chi connectivity index (χ0) is 16.0. The number of hydrogen-bond acceptors (Lipinski definition) is 3. The predicted molar refractivity (Wildman–Crippen MR) is 74.7 cm³/mol. The maximum Gasteiger partial charge on any atom is 0.416 e. The molecule has 21 heavy (non-hydrogen) atoms. The molecule has 4 nitrogen and oxygen atoms in total. The summed E-state index contributed by atoms with van der Waals surface area (Å²) in [6, 6.07) is 2.79. The Bertz CT molecular complexity index is 692. The zero-order valence-corrected chi connectivity index (χ0v) is 13.4. The van der Waals surface area contributed by atoms with E-state index in [4.69, 9.17) is 10.7 Å². The molecule has 0 radical (unpaired) electrons. The van der Waals surface area contributed by atoms with Gasteiger partial charge in [-0.1, -0.05) is 0 Å². The number of carbonyl (C=O) groups is 1. The molecule has 1 saturated heterocycles. The number of anilines is 1. The monoisotopic (exact) mass is 405 g/mol. The van der Waals surface area contributed by atoms with Gasteiger partial charge in [0.2, 0.25) is 15.0 Å². The van der Waals surface area contributed by atoms with Crippen LogP contribution in [0.15, 0.2) is 22.7 Å². The smallest absolute Gasteiger partial charge is 0.310 e. The Labute approximate surface area is 131 Å². The summed E-state index contributed by atoms with van der Waals surface area (Å²) in [6.45, 7) is -0.186. The van der Waals surface area contributed by atoms with Gasteiger partial charge in [-0.3, -0.25) is 4.79 Å². The highest BCUT2D eigenvalue weighted by atomic mass is 79.9. The van der Waals surface area contributed by atoms with E-state index < -0.39 is 31.9 Å². The molecule has 116 valence electrons. The Morgan fingerprint density at radius 1 is 1.33 bits per heavy atom. The number of hydrogen-bond donors (Lipinski definition) is 0. The van der Waals surface area contributed by atoms with Gasteiger partial charge < -0.3 is 4.90 Å². The van der Waals surface area contributed by atoms with Crippen molar-refractivity contribution >= 4 is 47.3 Å². The molecular formula is C11H8BrClF3NO3S. The Balaban J connectivity index is 2.34. The summed E-state index contributed by atoms with van der Waals surface area (Å²) in [6.07, 6.45) is -4.79. The third kappa shape index (κ3) is 3.51. The van der Waals surface area contributed by atoms with E-state index in [1.165, 1.54) is 0 Å². The molecule has 0 spiro atoms. The summed E-state index contributed by atoms with van der Waals surface area (Å²) in [5.74, 6) is -0.510. The van der Waals surface area contributed by atoms with Crippen LogP contribution in [0, 0.1) is 0 Å². The molecule has 1 atom stereocenters. The lowest BCUT2D eigenvalue weighted by molar-refractivity contribution is -0.137. The van der Waals surface area contributed by atoms with Gasteiger partial charge in [-0.05, 0) is 34.1 Å². The number of carbonyl (C=O) groups excluding carboxylic acids is 1. The summed E-state index contributed by atoms with van der Waals surface area (Å²) in [7, 11) is 1.31. The molecular weight excluding hydrogens is 399 g/mol. The molecule has 1 aromatic rings. The van der Waals surface area contributed by atoms with Crippen molar-refractivity contribution in [2.24, 2.45) is 0 Å². The first-order chi connectivity index (χ1) is 9.50. The molecule has 1 aliphatic heterocycles. The number of alkyl halides is 3. The fourth-order valence-corrected chi connectivity index (χ4v) is 3.62. The van der Waals surface area contributed by atoms with Crippen LogP contribution in [0.25, 0.3) is 0 Å². The van der Waals surface area contributed by atoms with Gasteiger partial charge in [-0.2, -0.15) is 13.2 Å². The lowest BCUT2D eigenvalue weighted by Gasteiger charge is -2.19. The molecule has 1 aromatic carbocycles. The average molecular weight is 407 g/mol. The summed E-state index contributed by atoms with van der Waals surface area (Å²) in [4.78, 5) is 12.9. The van der Waals surface area contributed by atoms with Crippen molar-refractivity contribution < 1.29 is 26.4 Å². The summed E-state index contributed by atoms with van der Waals surface area (Å²) < 4.78 is 60.3. The van der Waals surface area contributed by atoms with E-state index in [9.17, 15) is 26.4 Å². The molecule has 0 aliphatic carbocycles. The molecule has 1 unspecified atom stereocenters. The minimum atomic E-state index is -4.50. The fraction of sp³-hybridized carbons (Fsp3) is 0.364. The Hall–Kier alpha value is -0.800. The van der Waals surface area contributed by atoms with Crippen LogP contribution in [0.2, 0.25) is 0 Å². The average Bonchev–Trinajstić information content (AvgIpc) is 2.70. The maximum absolute atomic E-state index is 12.6. The first kappa shape index (κ1) is 16.6. The van der Waals surface area contributed by atoms with Gasteiger partial charge in [0.25, 0.3) is 0 Å². The highest BCUT2D eigenvalue weighted by Crippen LogP contribution is 2.37. The minimum absolute atomic E-state index is 0.0540. The van der Waals surface area contributed by atoms with Crippen molar-refractivity contribution in [3.05, 3.63) is 28.2 Å². The molecule has 10 heteroatoms. The van der Waals surface area contributed by atoms with E-state index in [0.717, 1.165) is 23.1 Å². The molecule has 1 aliphatic rings. The topological polar surface area (TPSA) is 54.5 Å². The SMILES string of the molecule is O=C1CC(S(=O)(=O)Cl)CN1c1ccc(C(F)(F)F)cc1Br. The Morgan fingerprint density at radius 3 is 2.38 bits per heavy atom. The molecule has 1 fully saturated rings. The predicted octanol–water partition coefficient (Wildman–Crippen LogP) is 3.14. The first-order valence-corrected chi connectivity index (χ1v) is 8.77. The van der Waals surface area contributed by atoms with E-state index in [2.05, 4.69) is 15.9 Å². The fourth-order valence-electron chi connectivity index (χ4n) is 2.00. The van der Waals surface area contributed by atoms with Crippen molar-refractivity contribution in [1.82, 2.24) is 0 Å². The Morgan fingerprint density at radius 2 is 1.95 bits per heavy atom. The van der Waals surface area contributed by atoms with Crippen LogP contribution in [0.1, 0.15) is 12.0 Å². The number of amides is 1. The van der Waals surface area contributed by atoms with Crippen molar-refractivity contribution in [1.29, 1.82) is 0 Å². The second-order valence-corrected chi connectivity index (χ2v) is 8.23. The molecule has 2 rings (SSSR count). The maximum atomic E-state index is 12.6. The lowest BCUT2D eigenvalue weighted by Crippen LogP contribution is -2.27. The third-order valence-corrected chi connectivity index (χ3v) is 5.56. The van der Waals surface area contributed by atoms with Gasteiger partial charge >= 0.3 is 6.18 Å². The number of halogens is 5. The molecule has 1 heterocycles. The summed E-state index contributed by atoms with van der Waals surface area (Å²) >= 11 is 2.97. The molecule has 0 bridgehead atoms. The second kappa shape index (κ2) is 5.44. The van der Waals surface area contributed by atoms with Crippen LogP contribution in [-0.2, 0) is 20.0 Å². The van der Waals surface area contributed by atoms with Crippen molar-refractivity contribution in [3.63, 3.8) is 0 Å². The minimum Gasteiger partial charge on any atom is -0.310 e. The number of rotatable bonds is 2. The van der Waals surface area contributed by atoms with Gasteiger partial charge in [0.1, 0.15) is 5.25 Å². The van der Waals surface area contributed by atoms with Crippen LogP contribution >= 0.6 is 26.6 Å². The van der Waals surface area contributed by atoms with Gasteiger partial charge in [0.15, 0.2) is 0 Å².